The number of rotatable bonds is 2. The van der Waals surface area contributed by atoms with Crippen molar-refractivity contribution < 1.29 is 9.90 Å². The molecule has 0 radical (unpaired) electrons. The lowest BCUT2D eigenvalue weighted by molar-refractivity contribution is 0.0997. The van der Waals surface area contributed by atoms with Gasteiger partial charge in [-0.25, -0.2) is 0 Å². The minimum absolute atomic E-state index is 0.0917. The summed E-state index contributed by atoms with van der Waals surface area (Å²) in [5, 5.41) is 11.7. The van der Waals surface area contributed by atoms with Gasteiger partial charge in [0.15, 0.2) is 0 Å². The Balaban J connectivity index is 2.43. The Bertz CT molecular complexity index is 908. The van der Waals surface area contributed by atoms with E-state index < -0.39 is 17.3 Å². The molecular formula is C16H12N2O3. The van der Waals surface area contributed by atoms with Crippen molar-refractivity contribution in [2.24, 2.45) is 5.73 Å². The molecule has 0 saturated carbocycles. The lowest BCUT2D eigenvalue weighted by atomic mass is 9.95. The zero-order chi connectivity index (χ0) is 15.0. The largest absolute Gasteiger partial charge is 0.494 e. The molecule has 5 nitrogen and oxygen atoms in total. The number of aromatic amines is 1. The molecule has 0 aliphatic rings. The molecule has 0 spiro atoms. The summed E-state index contributed by atoms with van der Waals surface area (Å²) in [5.74, 6) is -1.32. The Labute approximate surface area is 119 Å². The number of aromatic hydroxyl groups is 1. The van der Waals surface area contributed by atoms with Crippen LogP contribution in [0.4, 0.5) is 0 Å². The van der Waals surface area contributed by atoms with Crippen molar-refractivity contribution in [1.82, 2.24) is 4.98 Å². The third-order valence-corrected chi connectivity index (χ3v) is 3.35. The molecule has 0 fully saturated rings. The van der Waals surface area contributed by atoms with E-state index in [1.165, 1.54) is 6.07 Å². The quantitative estimate of drug-likeness (QED) is 0.669. The maximum absolute atomic E-state index is 11.6. The second kappa shape index (κ2) is 4.79. The number of primary amides is 1. The molecule has 0 aliphatic carbocycles. The number of carbonyl (C=O) groups excluding carboxylic acids is 1. The van der Waals surface area contributed by atoms with Gasteiger partial charge >= 0.3 is 0 Å². The van der Waals surface area contributed by atoms with Crippen molar-refractivity contribution in [1.29, 1.82) is 0 Å². The van der Waals surface area contributed by atoms with Gasteiger partial charge in [-0.2, -0.15) is 0 Å². The highest BCUT2D eigenvalue weighted by Gasteiger charge is 2.18. The number of nitrogens with two attached hydrogens (primary N) is 1. The smallest absolute Gasteiger partial charge is 0.254 e. The number of hydrogen-bond acceptors (Lipinski definition) is 3. The van der Waals surface area contributed by atoms with E-state index in [4.69, 9.17) is 5.73 Å². The highest BCUT2D eigenvalue weighted by Crippen LogP contribution is 2.32. The summed E-state index contributed by atoms with van der Waals surface area (Å²) in [7, 11) is 0. The van der Waals surface area contributed by atoms with E-state index >= 15 is 0 Å². The van der Waals surface area contributed by atoms with Gasteiger partial charge in [-0.05, 0) is 16.3 Å². The van der Waals surface area contributed by atoms with E-state index in [0.717, 1.165) is 10.8 Å². The van der Waals surface area contributed by atoms with Crippen LogP contribution in [0.2, 0.25) is 0 Å². The van der Waals surface area contributed by atoms with E-state index in [-0.39, 0.29) is 5.56 Å². The van der Waals surface area contributed by atoms with Crippen LogP contribution in [0.3, 0.4) is 0 Å². The number of carbonyl (C=O) groups is 1. The Hall–Kier alpha value is -3.08. The first-order chi connectivity index (χ1) is 10.1. The van der Waals surface area contributed by atoms with E-state index in [2.05, 4.69) is 4.98 Å². The molecule has 3 rings (SSSR count). The molecule has 1 heterocycles. The first-order valence-corrected chi connectivity index (χ1v) is 6.32. The van der Waals surface area contributed by atoms with Gasteiger partial charge in [0.25, 0.3) is 11.5 Å². The van der Waals surface area contributed by atoms with Crippen LogP contribution in [0.15, 0.2) is 53.3 Å². The fourth-order valence-electron chi connectivity index (χ4n) is 2.47. The Kier molecular flexibility index (Phi) is 2.95. The van der Waals surface area contributed by atoms with E-state index in [0.29, 0.717) is 11.1 Å². The number of fused-ring (bicyclic) bond motifs is 1. The second-order valence-corrected chi connectivity index (χ2v) is 4.66. The van der Waals surface area contributed by atoms with Gasteiger partial charge in [-0.15, -0.1) is 0 Å². The van der Waals surface area contributed by atoms with Crippen molar-refractivity contribution in [3.05, 3.63) is 64.4 Å². The summed E-state index contributed by atoms with van der Waals surface area (Å²) in [5.41, 5.74) is 5.72. The van der Waals surface area contributed by atoms with Gasteiger partial charge in [-0.1, -0.05) is 42.5 Å². The fourth-order valence-corrected chi connectivity index (χ4v) is 2.47. The first kappa shape index (κ1) is 12.9. The van der Waals surface area contributed by atoms with Gasteiger partial charge in [0, 0.05) is 11.6 Å². The van der Waals surface area contributed by atoms with Crippen molar-refractivity contribution in [3.63, 3.8) is 0 Å². The summed E-state index contributed by atoms with van der Waals surface area (Å²) < 4.78 is 0. The number of H-pyrrole nitrogens is 1. The molecule has 104 valence electrons. The summed E-state index contributed by atoms with van der Waals surface area (Å²) in [6, 6.07) is 14.4. The SMILES string of the molecule is NC(=O)c1c(-c2cccc3ccccc23)cc(=O)[nH]c1O. The molecule has 3 aromatic rings. The van der Waals surface area contributed by atoms with Gasteiger partial charge in [-0.3, -0.25) is 14.6 Å². The molecule has 0 bridgehead atoms. The van der Waals surface area contributed by atoms with Gasteiger partial charge < -0.3 is 10.8 Å². The van der Waals surface area contributed by atoms with Gasteiger partial charge in [0.2, 0.25) is 5.88 Å². The van der Waals surface area contributed by atoms with Crippen molar-refractivity contribution in [2.75, 3.05) is 0 Å². The molecule has 21 heavy (non-hydrogen) atoms. The summed E-state index contributed by atoms with van der Waals surface area (Å²) in [4.78, 5) is 25.4. The lowest BCUT2D eigenvalue weighted by Crippen LogP contribution is -2.17. The van der Waals surface area contributed by atoms with Crippen LogP contribution in [0.5, 0.6) is 5.88 Å². The minimum Gasteiger partial charge on any atom is -0.494 e. The predicted octanol–water partition coefficient (Wildman–Crippen LogP) is 2.00. The van der Waals surface area contributed by atoms with Crippen molar-refractivity contribution in [3.8, 4) is 17.0 Å². The standard InChI is InChI=1S/C16H12N2O3/c17-15(20)14-12(8-13(19)18-16(14)21)11-7-3-5-9-4-1-2-6-10(9)11/h1-8H,(H2,17,20)(H2,18,19,21). The zero-order valence-corrected chi connectivity index (χ0v) is 11.0. The number of aromatic nitrogens is 1. The Morgan fingerprint density at radius 3 is 2.52 bits per heavy atom. The number of amides is 1. The number of benzene rings is 2. The average Bonchev–Trinajstić information content (AvgIpc) is 2.45. The van der Waals surface area contributed by atoms with E-state index in [9.17, 15) is 14.7 Å². The first-order valence-electron chi connectivity index (χ1n) is 6.32. The van der Waals surface area contributed by atoms with Crippen LogP contribution in [-0.4, -0.2) is 16.0 Å². The van der Waals surface area contributed by atoms with E-state index in [1.54, 1.807) is 6.07 Å². The van der Waals surface area contributed by atoms with Crippen molar-refractivity contribution in [2.45, 2.75) is 0 Å². The van der Waals surface area contributed by atoms with Crippen molar-refractivity contribution >= 4 is 16.7 Å². The van der Waals surface area contributed by atoms with Crippen LogP contribution in [0.1, 0.15) is 10.4 Å². The molecule has 1 aromatic heterocycles. The van der Waals surface area contributed by atoms with Gasteiger partial charge in [0.05, 0.1) is 0 Å². The second-order valence-electron chi connectivity index (χ2n) is 4.66. The third-order valence-electron chi connectivity index (χ3n) is 3.35. The van der Waals surface area contributed by atoms with Gasteiger partial charge in [0.1, 0.15) is 5.56 Å². The van der Waals surface area contributed by atoms with E-state index in [1.807, 2.05) is 36.4 Å². The monoisotopic (exact) mass is 280 g/mol. The molecule has 0 atom stereocenters. The molecule has 0 saturated heterocycles. The highest BCUT2D eigenvalue weighted by molar-refractivity contribution is 6.06. The topological polar surface area (TPSA) is 96.2 Å². The molecule has 0 aliphatic heterocycles. The molecular weight excluding hydrogens is 268 g/mol. The fraction of sp³-hybridized carbons (Fsp3) is 0. The summed E-state index contributed by atoms with van der Waals surface area (Å²) in [6.45, 7) is 0. The molecule has 1 amide bonds. The Morgan fingerprint density at radius 2 is 1.76 bits per heavy atom. The minimum atomic E-state index is -0.799. The number of nitrogens with one attached hydrogen (secondary N) is 1. The maximum atomic E-state index is 11.6. The number of pyridine rings is 1. The van der Waals surface area contributed by atoms with Crippen LogP contribution in [0, 0.1) is 0 Å². The normalized spacial score (nSPS) is 10.7. The van der Waals surface area contributed by atoms with Crippen LogP contribution in [0.25, 0.3) is 21.9 Å². The van der Waals surface area contributed by atoms with Crippen LogP contribution >= 0.6 is 0 Å². The average molecular weight is 280 g/mol. The zero-order valence-electron chi connectivity index (χ0n) is 11.0. The lowest BCUT2D eigenvalue weighted by Gasteiger charge is -2.11. The maximum Gasteiger partial charge on any atom is 0.254 e. The molecule has 2 aromatic carbocycles. The third kappa shape index (κ3) is 2.14. The van der Waals surface area contributed by atoms with Crippen LogP contribution < -0.4 is 11.3 Å². The summed E-state index contributed by atoms with van der Waals surface area (Å²) in [6.07, 6.45) is 0. The van der Waals surface area contributed by atoms with Crippen LogP contribution in [-0.2, 0) is 0 Å². The number of hydrogen-bond donors (Lipinski definition) is 3. The molecule has 0 unspecified atom stereocenters. The molecule has 5 heteroatoms. The predicted molar refractivity (Wildman–Crippen MR) is 80.2 cm³/mol. The summed E-state index contributed by atoms with van der Waals surface area (Å²) >= 11 is 0. The molecule has 4 N–H and O–H groups in total. The highest BCUT2D eigenvalue weighted by atomic mass is 16.3. The Morgan fingerprint density at radius 1 is 1.05 bits per heavy atom.